The number of nitrogens with one attached hydrogen (secondary N) is 2. The van der Waals surface area contributed by atoms with E-state index in [1.165, 1.54) is 24.4 Å². The van der Waals surface area contributed by atoms with Gasteiger partial charge in [-0.15, -0.1) is 0 Å². The molecule has 29 heavy (non-hydrogen) atoms. The van der Waals surface area contributed by atoms with Gasteiger partial charge in [-0.1, -0.05) is 48.5 Å². The largest absolute Gasteiger partial charge is 0.331 e. The molecular weight excluding hydrogens is 378 g/mol. The number of benzene rings is 2. The van der Waals surface area contributed by atoms with E-state index in [0.717, 1.165) is 38.3 Å². The second-order valence-corrected chi connectivity index (χ2v) is 8.95. The monoisotopic (exact) mass is 405 g/mol. The zero-order chi connectivity index (χ0) is 19.7. The van der Waals surface area contributed by atoms with Crippen LogP contribution in [-0.4, -0.2) is 59.9 Å². The van der Waals surface area contributed by atoms with Gasteiger partial charge in [0.15, 0.2) is 5.11 Å². The summed E-state index contributed by atoms with van der Waals surface area (Å²) in [7, 11) is 0. The fourth-order valence-electron chi connectivity index (χ4n) is 5.30. The van der Waals surface area contributed by atoms with Crippen molar-refractivity contribution in [2.24, 2.45) is 16.4 Å². The lowest BCUT2D eigenvalue weighted by Crippen LogP contribution is -2.62. The third-order valence-electron chi connectivity index (χ3n) is 6.37. The standard InChI is InChI=1S/C23H27N5S/c29-22(24-20-9-5-2-6-10-20)26-25-21-19-14-27-11-12-28(15-19)17-23(21,16-27)13-18-7-3-1-4-8-18/h1-10,19H,11-17H2,(H2,24,26,29)/b25-21+. The van der Waals surface area contributed by atoms with Crippen LogP contribution < -0.4 is 10.7 Å². The Morgan fingerprint density at radius 3 is 2.24 bits per heavy atom. The Morgan fingerprint density at radius 1 is 0.966 bits per heavy atom. The van der Waals surface area contributed by atoms with Crippen LogP contribution in [0.1, 0.15) is 5.56 Å². The van der Waals surface area contributed by atoms with E-state index < -0.39 is 0 Å². The highest BCUT2D eigenvalue weighted by Crippen LogP contribution is 2.40. The van der Waals surface area contributed by atoms with Crippen LogP contribution in [0, 0.1) is 11.3 Å². The van der Waals surface area contributed by atoms with Crippen LogP contribution in [-0.2, 0) is 6.42 Å². The van der Waals surface area contributed by atoms with Crippen molar-refractivity contribution in [1.82, 2.24) is 15.2 Å². The SMILES string of the molecule is S=C(N/N=C1\C2CN3CCN(C2)CC1(Cc1ccccc1)C3)Nc1ccccc1. The molecule has 2 aromatic carbocycles. The van der Waals surface area contributed by atoms with Gasteiger partial charge in [-0.25, -0.2) is 0 Å². The van der Waals surface area contributed by atoms with Gasteiger partial charge in [-0.2, -0.15) is 5.10 Å². The Labute approximate surface area is 177 Å². The van der Waals surface area contributed by atoms with Crippen LogP contribution in [0.25, 0.3) is 0 Å². The van der Waals surface area contributed by atoms with Crippen LogP contribution in [0.3, 0.4) is 0 Å². The molecule has 0 aliphatic carbocycles. The van der Waals surface area contributed by atoms with Crippen molar-refractivity contribution in [2.75, 3.05) is 44.6 Å². The smallest absolute Gasteiger partial charge is 0.191 e. The minimum atomic E-state index is 0.0500. The van der Waals surface area contributed by atoms with Gasteiger partial charge in [0.05, 0.1) is 5.71 Å². The number of fused-ring (bicyclic) bond motifs is 1. The lowest BCUT2D eigenvalue weighted by Gasteiger charge is -2.50. The first-order valence-electron chi connectivity index (χ1n) is 10.4. The van der Waals surface area contributed by atoms with Crippen molar-refractivity contribution in [1.29, 1.82) is 0 Å². The van der Waals surface area contributed by atoms with Gasteiger partial charge >= 0.3 is 0 Å². The van der Waals surface area contributed by atoms with Gasteiger partial charge in [0, 0.05) is 56.3 Å². The summed E-state index contributed by atoms with van der Waals surface area (Å²) in [5.74, 6) is 0.468. The Hall–Kier alpha value is -2.28. The Kier molecular flexibility index (Phi) is 5.08. The highest BCUT2D eigenvalue weighted by Gasteiger charge is 2.52. The molecule has 4 aliphatic heterocycles. The third-order valence-corrected chi connectivity index (χ3v) is 6.56. The Bertz CT molecular complexity index is 882. The van der Waals surface area contributed by atoms with Crippen LogP contribution in [0.5, 0.6) is 0 Å². The fraction of sp³-hybridized carbons (Fsp3) is 0.391. The van der Waals surface area contributed by atoms with Gasteiger partial charge in [0.1, 0.15) is 0 Å². The summed E-state index contributed by atoms with van der Waals surface area (Å²) in [5.41, 5.74) is 6.87. The molecule has 4 heterocycles. The molecule has 2 unspecified atom stereocenters. The molecule has 2 atom stereocenters. The van der Waals surface area contributed by atoms with E-state index in [-0.39, 0.29) is 5.41 Å². The summed E-state index contributed by atoms with van der Waals surface area (Å²) < 4.78 is 0. The van der Waals surface area contributed by atoms with Gasteiger partial charge in [-0.05, 0) is 36.3 Å². The average molecular weight is 406 g/mol. The Balaban J connectivity index is 1.40. The fourth-order valence-corrected chi connectivity index (χ4v) is 5.46. The Morgan fingerprint density at radius 2 is 1.59 bits per heavy atom. The molecule has 2 aromatic rings. The molecule has 0 spiro atoms. The molecule has 4 aliphatic rings. The summed E-state index contributed by atoms with van der Waals surface area (Å²) in [5, 5.41) is 8.72. The van der Waals surface area contributed by atoms with Gasteiger partial charge in [0.2, 0.25) is 0 Å². The minimum absolute atomic E-state index is 0.0500. The normalized spacial score (nSPS) is 31.4. The molecule has 4 bridgehead atoms. The number of nitrogens with zero attached hydrogens (tertiary/aromatic N) is 3. The van der Waals surface area contributed by atoms with E-state index in [1.807, 2.05) is 30.3 Å². The molecule has 0 amide bonds. The second kappa shape index (κ2) is 7.86. The highest BCUT2D eigenvalue weighted by atomic mass is 32.1. The maximum Gasteiger partial charge on any atom is 0.191 e. The van der Waals surface area contributed by atoms with Crippen LogP contribution in [0.2, 0.25) is 0 Å². The molecule has 150 valence electrons. The van der Waals surface area contributed by atoms with Crippen LogP contribution >= 0.6 is 12.2 Å². The summed E-state index contributed by atoms with van der Waals surface area (Å²) in [4.78, 5) is 5.28. The number of hydrogen-bond donors (Lipinski definition) is 2. The lowest BCUT2D eigenvalue weighted by molar-refractivity contribution is 0.117. The number of para-hydroxylation sites is 1. The van der Waals surface area contributed by atoms with E-state index in [2.05, 4.69) is 50.9 Å². The topological polar surface area (TPSA) is 42.9 Å². The van der Waals surface area contributed by atoms with Gasteiger partial charge in [-0.3, -0.25) is 5.43 Å². The molecule has 0 radical (unpaired) electrons. The quantitative estimate of drug-likeness (QED) is 0.605. The van der Waals surface area contributed by atoms with E-state index in [0.29, 0.717) is 11.0 Å². The molecule has 6 heteroatoms. The van der Waals surface area contributed by atoms with Gasteiger partial charge in [0.25, 0.3) is 0 Å². The van der Waals surface area contributed by atoms with E-state index in [9.17, 15) is 0 Å². The molecule has 6 rings (SSSR count). The van der Waals surface area contributed by atoms with E-state index in [1.54, 1.807) is 0 Å². The highest BCUT2D eigenvalue weighted by molar-refractivity contribution is 7.80. The number of thiocarbonyl (C=S) groups is 1. The van der Waals surface area contributed by atoms with Crippen molar-refractivity contribution in [2.45, 2.75) is 6.42 Å². The summed E-state index contributed by atoms with van der Waals surface area (Å²) in [6.07, 6.45) is 1.02. The molecule has 5 nitrogen and oxygen atoms in total. The second-order valence-electron chi connectivity index (χ2n) is 8.54. The first-order valence-corrected chi connectivity index (χ1v) is 10.8. The van der Waals surface area contributed by atoms with Crippen LogP contribution in [0.4, 0.5) is 5.69 Å². The number of hydrogen-bond acceptors (Lipinski definition) is 4. The maximum atomic E-state index is 5.51. The number of rotatable bonds is 4. The van der Waals surface area contributed by atoms with Crippen molar-refractivity contribution in [3.8, 4) is 0 Å². The predicted octanol–water partition coefficient (Wildman–Crippen LogP) is 2.82. The number of anilines is 1. The predicted molar refractivity (Wildman–Crippen MR) is 122 cm³/mol. The zero-order valence-corrected chi connectivity index (χ0v) is 17.4. The first-order chi connectivity index (χ1) is 14.2. The van der Waals surface area contributed by atoms with Crippen molar-refractivity contribution < 1.29 is 0 Å². The molecule has 2 N–H and O–H groups in total. The van der Waals surface area contributed by atoms with E-state index in [4.69, 9.17) is 17.3 Å². The summed E-state index contributed by atoms with van der Waals surface area (Å²) in [6.45, 7) is 6.70. The first kappa shape index (κ1) is 18.7. The van der Waals surface area contributed by atoms with Crippen LogP contribution in [0.15, 0.2) is 65.8 Å². The number of hydrazone groups is 1. The number of piperidine rings is 2. The van der Waals surface area contributed by atoms with Crippen molar-refractivity contribution in [3.63, 3.8) is 0 Å². The molecular formula is C23H27N5S. The maximum absolute atomic E-state index is 5.51. The third kappa shape index (κ3) is 3.92. The molecule has 0 saturated carbocycles. The summed E-state index contributed by atoms with van der Waals surface area (Å²) in [6, 6.07) is 20.8. The minimum Gasteiger partial charge on any atom is -0.331 e. The molecule has 0 aromatic heterocycles. The van der Waals surface area contributed by atoms with Gasteiger partial charge < -0.3 is 15.1 Å². The van der Waals surface area contributed by atoms with Crippen molar-refractivity contribution in [3.05, 3.63) is 66.2 Å². The van der Waals surface area contributed by atoms with Crippen molar-refractivity contribution >= 4 is 28.7 Å². The average Bonchev–Trinajstić information content (AvgIpc) is 2.96. The molecule has 4 fully saturated rings. The van der Waals surface area contributed by atoms with E-state index >= 15 is 0 Å². The molecule has 4 saturated heterocycles. The zero-order valence-electron chi connectivity index (χ0n) is 16.6. The summed E-state index contributed by atoms with van der Waals surface area (Å²) >= 11 is 5.51. The lowest BCUT2D eigenvalue weighted by atomic mass is 9.67.